The molecular weight excluding hydrogens is 372 g/mol. The number of hydrogen-bond acceptors (Lipinski definition) is 4. The minimum atomic E-state index is -3.90. The normalized spacial score (nSPS) is 14.3. The fraction of sp³-hybridized carbons (Fsp3) is 0.409. The van der Waals surface area contributed by atoms with E-state index in [1.165, 1.54) is 4.31 Å². The molecule has 2 aromatic rings. The number of rotatable bonds is 9. The zero-order valence-corrected chi connectivity index (χ0v) is 18.0. The van der Waals surface area contributed by atoms with E-state index in [1.54, 1.807) is 24.3 Å². The van der Waals surface area contributed by atoms with Crippen LogP contribution in [0.25, 0.3) is 0 Å². The van der Waals surface area contributed by atoms with E-state index >= 15 is 0 Å². The van der Waals surface area contributed by atoms with Gasteiger partial charge in [0.05, 0.1) is 4.90 Å². The fourth-order valence-electron chi connectivity index (χ4n) is 3.09. The van der Waals surface area contributed by atoms with Gasteiger partial charge in [-0.1, -0.05) is 44.2 Å². The van der Waals surface area contributed by atoms with E-state index < -0.39 is 15.7 Å². The summed E-state index contributed by atoms with van der Waals surface area (Å²) in [6.45, 7) is 7.94. The van der Waals surface area contributed by atoms with E-state index in [1.807, 2.05) is 63.2 Å². The van der Waals surface area contributed by atoms with Crippen molar-refractivity contribution < 1.29 is 13.5 Å². The lowest BCUT2D eigenvalue weighted by molar-refractivity contribution is -0.0624. The van der Waals surface area contributed by atoms with Gasteiger partial charge in [0.25, 0.3) is 0 Å². The number of benzene rings is 2. The van der Waals surface area contributed by atoms with Crippen LogP contribution < -0.4 is 4.90 Å². The molecule has 0 saturated carbocycles. The summed E-state index contributed by atoms with van der Waals surface area (Å²) in [6.07, 6.45) is 0.225. The average Bonchev–Trinajstić information content (AvgIpc) is 2.66. The van der Waals surface area contributed by atoms with Crippen molar-refractivity contribution in [1.82, 2.24) is 4.31 Å². The van der Waals surface area contributed by atoms with Crippen molar-refractivity contribution in [3.8, 4) is 0 Å². The second-order valence-electron chi connectivity index (χ2n) is 7.71. The van der Waals surface area contributed by atoms with Gasteiger partial charge in [0.2, 0.25) is 10.0 Å². The average molecular weight is 404 g/mol. The molecule has 0 heterocycles. The highest BCUT2D eigenvalue weighted by Crippen LogP contribution is 2.30. The Morgan fingerprint density at radius 3 is 2.07 bits per heavy atom. The Kier molecular flexibility index (Phi) is 7.26. The smallest absolute Gasteiger partial charge is 0.245 e. The van der Waals surface area contributed by atoms with Crippen LogP contribution in [0.15, 0.2) is 59.5 Å². The number of hydrogen-bond donors (Lipinski definition) is 1. The van der Waals surface area contributed by atoms with E-state index in [0.29, 0.717) is 0 Å². The van der Waals surface area contributed by atoms with Gasteiger partial charge in [-0.2, -0.15) is 4.31 Å². The minimum absolute atomic E-state index is 0.0453. The first-order valence-electron chi connectivity index (χ1n) is 9.46. The molecule has 0 aliphatic heterocycles. The monoisotopic (exact) mass is 403 g/mol. The highest BCUT2D eigenvalue weighted by Gasteiger charge is 2.41. The molecule has 6 heteroatoms. The molecule has 2 rings (SSSR count). The van der Waals surface area contributed by atoms with Gasteiger partial charge in [-0.3, -0.25) is 0 Å². The van der Waals surface area contributed by atoms with E-state index in [-0.39, 0.29) is 30.2 Å². The van der Waals surface area contributed by atoms with Gasteiger partial charge in [-0.15, -0.1) is 0 Å². The topological polar surface area (TPSA) is 60.9 Å². The molecular formula is C22H31N2O3S. The van der Waals surface area contributed by atoms with Crippen LogP contribution in [0.1, 0.15) is 25.8 Å². The van der Waals surface area contributed by atoms with Gasteiger partial charge in [-0.25, -0.2) is 8.42 Å². The predicted octanol–water partition coefficient (Wildman–Crippen LogP) is 3.55. The molecule has 0 spiro atoms. The first kappa shape index (κ1) is 22.4. The van der Waals surface area contributed by atoms with E-state index in [9.17, 15) is 13.5 Å². The minimum Gasteiger partial charge on any atom is -0.378 e. The lowest BCUT2D eigenvalue weighted by Crippen LogP contribution is -2.54. The molecule has 5 nitrogen and oxygen atoms in total. The number of aliphatic hydroxyl groups is 1. The van der Waals surface area contributed by atoms with Gasteiger partial charge in [0, 0.05) is 32.7 Å². The van der Waals surface area contributed by atoms with Crippen LogP contribution in [0.2, 0.25) is 0 Å². The molecule has 1 atom stereocenters. The molecule has 2 aromatic carbocycles. The van der Waals surface area contributed by atoms with Gasteiger partial charge in [0.15, 0.2) is 0 Å². The molecule has 0 aliphatic rings. The van der Waals surface area contributed by atoms with Crippen LogP contribution >= 0.6 is 0 Å². The first-order chi connectivity index (χ1) is 13.1. The summed E-state index contributed by atoms with van der Waals surface area (Å²) in [4.78, 5) is 2.07. The highest BCUT2D eigenvalue weighted by atomic mass is 32.2. The standard InChI is InChI=1S/C22H31N2O3S/c1-6-22(25,16-19-10-8-7-9-11-19)24(17-18(2)3)28(26,27)21-14-12-20(13-15-21)23(4)5/h7-15,18,25H,1,6,16-17H2,2-5H3. The molecule has 1 radical (unpaired) electrons. The van der Waals surface area contributed by atoms with Gasteiger partial charge in [-0.05, 0) is 49.1 Å². The van der Waals surface area contributed by atoms with Gasteiger partial charge in [0.1, 0.15) is 5.72 Å². The zero-order valence-electron chi connectivity index (χ0n) is 17.2. The van der Waals surface area contributed by atoms with E-state index in [4.69, 9.17) is 0 Å². The summed E-state index contributed by atoms with van der Waals surface area (Å²) in [5.41, 5.74) is 0.164. The zero-order chi connectivity index (χ0) is 20.9. The summed E-state index contributed by atoms with van der Waals surface area (Å²) in [6, 6.07) is 16.1. The van der Waals surface area contributed by atoms with Gasteiger partial charge >= 0.3 is 0 Å². The Balaban J connectivity index is 2.47. The molecule has 0 aliphatic carbocycles. The molecule has 0 fully saturated rings. The third kappa shape index (κ3) is 5.13. The maximum Gasteiger partial charge on any atom is 0.245 e. The SMILES string of the molecule is [CH2]CC(O)(Cc1ccccc1)N(CC(C)C)S(=O)(=O)c1ccc(N(C)C)cc1. The lowest BCUT2D eigenvalue weighted by atomic mass is 9.99. The number of anilines is 1. The molecule has 0 aromatic heterocycles. The van der Waals surface area contributed by atoms with Crippen molar-refractivity contribution in [2.24, 2.45) is 5.92 Å². The third-order valence-corrected chi connectivity index (χ3v) is 6.60. The highest BCUT2D eigenvalue weighted by molar-refractivity contribution is 7.89. The van der Waals surface area contributed by atoms with Crippen LogP contribution in [0.5, 0.6) is 0 Å². The van der Waals surface area contributed by atoms with E-state index in [2.05, 4.69) is 6.92 Å². The second-order valence-corrected chi connectivity index (χ2v) is 9.58. The second kappa shape index (κ2) is 9.07. The Bertz CT molecular complexity index is 849. The maximum atomic E-state index is 13.5. The summed E-state index contributed by atoms with van der Waals surface area (Å²) in [5.74, 6) is 0.0460. The Labute approximate surface area is 169 Å². The van der Waals surface area contributed by atoms with Crippen LogP contribution in [-0.4, -0.2) is 44.2 Å². The molecule has 0 amide bonds. The van der Waals surface area contributed by atoms with Crippen molar-refractivity contribution in [1.29, 1.82) is 0 Å². The molecule has 153 valence electrons. The maximum absolute atomic E-state index is 13.5. The van der Waals surface area contributed by atoms with Crippen molar-refractivity contribution >= 4 is 15.7 Å². The predicted molar refractivity (Wildman–Crippen MR) is 115 cm³/mol. The molecule has 1 N–H and O–H groups in total. The summed E-state index contributed by atoms with van der Waals surface area (Å²) in [7, 11) is -0.106. The number of sulfonamides is 1. The molecule has 1 unspecified atom stereocenters. The van der Waals surface area contributed by atoms with Crippen molar-refractivity contribution in [3.05, 3.63) is 67.1 Å². The van der Waals surface area contributed by atoms with Crippen molar-refractivity contribution in [2.45, 2.75) is 37.3 Å². The Hall–Kier alpha value is -1.89. The fourth-order valence-corrected chi connectivity index (χ4v) is 4.92. The van der Waals surface area contributed by atoms with Crippen LogP contribution in [0.4, 0.5) is 5.69 Å². The Morgan fingerprint density at radius 2 is 1.61 bits per heavy atom. The molecule has 0 bridgehead atoms. The summed E-state index contributed by atoms with van der Waals surface area (Å²) in [5, 5.41) is 11.4. The van der Waals surface area contributed by atoms with Crippen LogP contribution in [0.3, 0.4) is 0 Å². The molecule has 28 heavy (non-hydrogen) atoms. The molecule has 0 saturated heterocycles. The van der Waals surface area contributed by atoms with Crippen LogP contribution in [-0.2, 0) is 16.4 Å². The lowest BCUT2D eigenvalue weighted by Gasteiger charge is -2.39. The van der Waals surface area contributed by atoms with Gasteiger partial charge < -0.3 is 10.0 Å². The Morgan fingerprint density at radius 1 is 1.04 bits per heavy atom. The first-order valence-corrected chi connectivity index (χ1v) is 10.9. The summed E-state index contributed by atoms with van der Waals surface area (Å²) < 4.78 is 28.2. The summed E-state index contributed by atoms with van der Waals surface area (Å²) >= 11 is 0. The van der Waals surface area contributed by atoms with E-state index in [0.717, 1.165) is 11.3 Å². The van der Waals surface area contributed by atoms with Crippen molar-refractivity contribution in [2.75, 3.05) is 25.5 Å². The van der Waals surface area contributed by atoms with Crippen LogP contribution in [0, 0.1) is 12.8 Å². The van der Waals surface area contributed by atoms with Crippen molar-refractivity contribution in [3.63, 3.8) is 0 Å². The quantitative estimate of drug-likeness (QED) is 0.651. The largest absolute Gasteiger partial charge is 0.378 e. The number of nitrogens with zero attached hydrogens (tertiary/aromatic N) is 2. The third-order valence-electron chi connectivity index (χ3n) is 4.67.